The summed E-state index contributed by atoms with van der Waals surface area (Å²) in [6.45, 7) is 3.65. The molecule has 0 saturated heterocycles. The lowest BCUT2D eigenvalue weighted by Gasteiger charge is -1.98. The van der Waals surface area contributed by atoms with Crippen molar-refractivity contribution in [2.24, 2.45) is 0 Å². The molecule has 0 amide bonds. The van der Waals surface area contributed by atoms with Crippen LogP contribution in [0.2, 0.25) is 0 Å². The molecule has 0 atom stereocenters. The van der Waals surface area contributed by atoms with Crippen LogP contribution in [-0.2, 0) is 0 Å². The molecule has 1 aromatic rings. The Labute approximate surface area is 59.9 Å². The smallest absolute Gasteiger partial charge is 0.0682 e. The van der Waals surface area contributed by atoms with E-state index in [2.05, 4.69) is 11.6 Å². The first-order chi connectivity index (χ1) is 4.84. The van der Waals surface area contributed by atoms with Gasteiger partial charge in [-0.25, -0.2) is 0 Å². The average Bonchev–Trinajstić information content (AvgIpc) is 2.05. The molecule has 1 rings (SSSR count). The number of hydrogen-bond acceptors (Lipinski definition) is 2. The molecule has 0 aliphatic rings. The van der Waals surface area contributed by atoms with Crippen molar-refractivity contribution in [2.45, 2.75) is 0 Å². The second-order valence-electron chi connectivity index (χ2n) is 2.00. The van der Waals surface area contributed by atoms with Gasteiger partial charge in [-0.1, -0.05) is 12.6 Å². The zero-order chi connectivity index (χ0) is 7.40. The molecule has 1 heterocycles. The van der Waals surface area contributed by atoms with E-state index in [4.69, 9.17) is 5.11 Å². The second-order valence-corrected chi connectivity index (χ2v) is 2.00. The molecule has 52 valence electrons. The number of nitrogens with zero attached hydrogens (tertiary/aromatic N) is 1. The van der Waals surface area contributed by atoms with E-state index < -0.39 is 0 Å². The minimum absolute atomic E-state index is 0.00824. The van der Waals surface area contributed by atoms with Crippen LogP contribution in [0.1, 0.15) is 5.56 Å². The molecule has 0 spiro atoms. The lowest BCUT2D eigenvalue weighted by Crippen LogP contribution is -1.87. The third-order valence-electron chi connectivity index (χ3n) is 1.26. The van der Waals surface area contributed by atoms with Crippen LogP contribution in [-0.4, -0.2) is 16.7 Å². The van der Waals surface area contributed by atoms with E-state index in [1.807, 2.05) is 12.1 Å². The van der Waals surface area contributed by atoms with Crippen LogP contribution in [0.25, 0.3) is 5.57 Å². The van der Waals surface area contributed by atoms with Crippen molar-refractivity contribution in [3.05, 3.63) is 36.7 Å². The quantitative estimate of drug-likeness (QED) is 0.658. The maximum absolute atomic E-state index is 8.66. The number of aliphatic hydroxyl groups excluding tert-OH is 1. The Balaban J connectivity index is 2.85. The van der Waals surface area contributed by atoms with Crippen LogP contribution in [0.15, 0.2) is 31.1 Å². The Kier molecular flexibility index (Phi) is 2.18. The lowest BCUT2D eigenvalue weighted by atomic mass is 10.1. The van der Waals surface area contributed by atoms with Crippen molar-refractivity contribution >= 4 is 5.57 Å². The maximum atomic E-state index is 8.66. The molecule has 1 N–H and O–H groups in total. The van der Waals surface area contributed by atoms with E-state index in [-0.39, 0.29) is 6.61 Å². The summed E-state index contributed by atoms with van der Waals surface area (Å²) in [5, 5.41) is 8.66. The summed E-state index contributed by atoms with van der Waals surface area (Å²) >= 11 is 0. The Morgan fingerprint density at radius 2 is 2.50 bits per heavy atom. The van der Waals surface area contributed by atoms with Crippen molar-refractivity contribution in [3.8, 4) is 0 Å². The van der Waals surface area contributed by atoms with Crippen LogP contribution in [0.3, 0.4) is 0 Å². The number of aliphatic hydroxyl groups is 1. The van der Waals surface area contributed by atoms with E-state index in [1.54, 1.807) is 12.4 Å². The van der Waals surface area contributed by atoms with Crippen molar-refractivity contribution in [3.63, 3.8) is 0 Å². The average molecular weight is 135 g/mol. The van der Waals surface area contributed by atoms with Gasteiger partial charge in [-0.15, -0.1) is 0 Å². The summed E-state index contributed by atoms with van der Waals surface area (Å²) in [7, 11) is 0. The topological polar surface area (TPSA) is 33.1 Å². The van der Waals surface area contributed by atoms with E-state index in [9.17, 15) is 0 Å². The lowest BCUT2D eigenvalue weighted by molar-refractivity contribution is 0.350. The number of pyridine rings is 1. The summed E-state index contributed by atoms with van der Waals surface area (Å²) in [6.07, 6.45) is 3.37. The predicted molar refractivity (Wildman–Crippen MR) is 40.4 cm³/mol. The number of aromatic nitrogens is 1. The molecule has 0 aliphatic heterocycles. The minimum atomic E-state index is -0.00824. The fourth-order valence-corrected chi connectivity index (χ4v) is 0.663. The van der Waals surface area contributed by atoms with Gasteiger partial charge < -0.3 is 5.11 Å². The van der Waals surface area contributed by atoms with Gasteiger partial charge in [-0.05, 0) is 17.2 Å². The highest BCUT2D eigenvalue weighted by molar-refractivity contribution is 5.62. The molecule has 0 aliphatic carbocycles. The van der Waals surface area contributed by atoms with Crippen molar-refractivity contribution in [2.75, 3.05) is 6.61 Å². The molecule has 2 heteroatoms. The molecule has 0 radical (unpaired) electrons. The molecule has 0 saturated carbocycles. The highest BCUT2D eigenvalue weighted by atomic mass is 16.3. The highest BCUT2D eigenvalue weighted by Crippen LogP contribution is 2.07. The number of rotatable bonds is 2. The van der Waals surface area contributed by atoms with E-state index in [0.29, 0.717) is 5.57 Å². The predicted octanol–water partition coefficient (Wildman–Crippen LogP) is 1.09. The van der Waals surface area contributed by atoms with Crippen LogP contribution in [0, 0.1) is 0 Å². The van der Waals surface area contributed by atoms with Gasteiger partial charge in [0, 0.05) is 12.4 Å². The largest absolute Gasteiger partial charge is 0.392 e. The molecular weight excluding hydrogens is 126 g/mol. The minimum Gasteiger partial charge on any atom is -0.392 e. The molecular formula is C8H9NO. The van der Waals surface area contributed by atoms with Gasteiger partial charge in [0.2, 0.25) is 0 Å². The van der Waals surface area contributed by atoms with Gasteiger partial charge in [0.25, 0.3) is 0 Å². The molecule has 10 heavy (non-hydrogen) atoms. The molecule has 0 fully saturated rings. The monoisotopic (exact) mass is 135 g/mol. The normalized spacial score (nSPS) is 9.30. The Morgan fingerprint density at radius 3 is 3.00 bits per heavy atom. The highest BCUT2D eigenvalue weighted by Gasteiger charge is 1.93. The first kappa shape index (κ1) is 6.96. The van der Waals surface area contributed by atoms with Crippen LogP contribution < -0.4 is 0 Å². The maximum Gasteiger partial charge on any atom is 0.0682 e. The fraction of sp³-hybridized carbons (Fsp3) is 0.125. The van der Waals surface area contributed by atoms with Gasteiger partial charge in [-0.2, -0.15) is 0 Å². The summed E-state index contributed by atoms with van der Waals surface area (Å²) < 4.78 is 0. The zero-order valence-electron chi connectivity index (χ0n) is 5.62. The van der Waals surface area contributed by atoms with Crippen molar-refractivity contribution < 1.29 is 5.11 Å². The van der Waals surface area contributed by atoms with Crippen LogP contribution in [0.4, 0.5) is 0 Å². The molecule has 1 aromatic heterocycles. The standard InChI is InChI=1S/C8H9NO/c1-7(6-10)8-3-2-4-9-5-8/h2-5,10H,1,6H2. The first-order valence-electron chi connectivity index (χ1n) is 3.03. The van der Waals surface area contributed by atoms with E-state index in [0.717, 1.165) is 5.56 Å². The second kappa shape index (κ2) is 3.13. The third-order valence-corrected chi connectivity index (χ3v) is 1.26. The summed E-state index contributed by atoms with van der Waals surface area (Å²) in [5.74, 6) is 0. The summed E-state index contributed by atoms with van der Waals surface area (Å²) in [6, 6.07) is 3.68. The fourth-order valence-electron chi connectivity index (χ4n) is 0.663. The van der Waals surface area contributed by atoms with E-state index >= 15 is 0 Å². The molecule has 0 aromatic carbocycles. The Bertz CT molecular complexity index is 218. The van der Waals surface area contributed by atoms with Gasteiger partial charge in [0.1, 0.15) is 0 Å². The zero-order valence-corrected chi connectivity index (χ0v) is 5.62. The van der Waals surface area contributed by atoms with Crippen LogP contribution in [0.5, 0.6) is 0 Å². The van der Waals surface area contributed by atoms with Crippen molar-refractivity contribution in [1.82, 2.24) is 4.98 Å². The van der Waals surface area contributed by atoms with Gasteiger partial charge in [0.05, 0.1) is 6.61 Å². The number of hydrogen-bond donors (Lipinski definition) is 1. The first-order valence-corrected chi connectivity index (χ1v) is 3.03. The van der Waals surface area contributed by atoms with Gasteiger partial charge >= 0.3 is 0 Å². The third kappa shape index (κ3) is 1.42. The summed E-state index contributed by atoms with van der Waals surface area (Å²) in [4.78, 5) is 3.88. The Morgan fingerprint density at radius 1 is 1.70 bits per heavy atom. The summed E-state index contributed by atoms with van der Waals surface area (Å²) in [5.41, 5.74) is 1.60. The van der Waals surface area contributed by atoms with E-state index in [1.165, 1.54) is 0 Å². The van der Waals surface area contributed by atoms with Gasteiger partial charge in [0.15, 0.2) is 0 Å². The van der Waals surface area contributed by atoms with Crippen LogP contribution >= 0.6 is 0 Å². The van der Waals surface area contributed by atoms with Gasteiger partial charge in [-0.3, -0.25) is 4.98 Å². The van der Waals surface area contributed by atoms with Crippen molar-refractivity contribution in [1.29, 1.82) is 0 Å². The molecule has 0 unspecified atom stereocenters. The molecule has 2 nitrogen and oxygen atoms in total. The molecule has 0 bridgehead atoms. The Hall–Kier alpha value is -1.15. The SMILES string of the molecule is C=C(CO)c1cccnc1.